The molecule has 20 heavy (non-hydrogen) atoms. The lowest BCUT2D eigenvalue weighted by molar-refractivity contribution is 0.0774. The monoisotopic (exact) mass is 298 g/mol. The summed E-state index contributed by atoms with van der Waals surface area (Å²) >= 11 is 0. The first kappa shape index (κ1) is 13.6. The van der Waals surface area contributed by atoms with Crippen molar-refractivity contribution in [3.8, 4) is 0 Å². The molecule has 2 aliphatic heterocycles. The average Bonchev–Trinajstić information content (AvgIpc) is 3.01. The highest BCUT2D eigenvalue weighted by Gasteiger charge is 2.45. The number of hydrogen-bond donors (Lipinski definition) is 0. The van der Waals surface area contributed by atoms with E-state index in [9.17, 15) is 13.2 Å². The second-order valence-electron chi connectivity index (χ2n) is 5.74. The Kier molecular flexibility index (Phi) is 3.32. The van der Waals surface area contributed by atoms with E-state index in [-0.39, 0.29) is 29.2 Å². The maximum atomic E-state index is 12.3. The number of carbonyl (C=O) groups is 1. The van der Waals surface area contributed by atoms with Crippen LogP contribution >= 0.6 is 0 Å². The lowest BCUT2D eigenvalue weighted by atomic mass is 10.0. The van der Waals surface area contributed by atoms with E-state index in [1.54, 1.807) is 11.0 Å². The molecular formula is C13H18N2O4S. The number of nitrogens with zero attached hydrogens (tertiary/aromatic N) is 2. The minimum Gasteiger partial charge on any atom is -0.361 e. The molecule has 0 bridgehead atoms. The standard InChI is InChI=1S/C13H18N2O4S/c1-2-3-11-4-12(14-19-11)13(16)15-5-9-7-20(17,18)8-10(9)6-15/h4,9-10H,2-3,5-8H2,1H3/t9-,10+. The summed E-state index contributed by atoms with van der Waals surface area (Å²) in [7, 11) is -2.89. The number of sulfone groups is 1. The van der Waals surface area contributed by atoms with Crippen LogP contribution in [0.4, 0.5) is 0 Å². The number of rotatable bonds is 3. The molecule has 2 aliphatic rings. The molecule has 3 rings (SSSR count). The molecule has 0 saturated carbocycles. The van der Waals surface area contributed by atoms with Crippen LogP contribution < -0.4 is 0 Å². The number of hydrogen-bond acceptors (Lipinski definition) is 5. The number of aromatic nitrogens is 1. The van der Waals surface area contributed by atoms with Gasteiger partial charge in [0, 0.05) is 25.6 Å². The van der Waals surface area contributed by atoms with Crippen LogP contribution in [-0.4, -0.2) is 49.0 Å². The van der Waals surface area contributed by atoms with Crippen molar-refractivity contribution in [1.29, 1.82) is 0 Å². The summed E-state index contributed by atoms with van der Waals surface area (Å²) in [6, 6.07) is 1.69. The van der Waals surface area contributed by atoms with Crippen molar-refractivity contribution in [3.63, 3.8) is 0 Å². The number of carbonyl (C=O) groups excluding carboxylic acids is 1. The summed E-state index contributed by atoms with van der Waals surface area (Å²) in [6.07, 6.45) is 1.71. The van der Waals surface area contributed by atoms with E-state index >= 15 is 0 Å². The van der Waals surface area contributed by atoms with E-state index in [2.05, 4.69) is 5.16 Å². The molecule has 0 aliphatic carbocycles. The summed E-state index contributed by atoms with van der Waals surface area (Å²) in [4.78, 5) is 14.0. The smallest absolute Gasteiger partial charge is 0.276 e. The van der Waals surface area contributed by atoms with E-state index in [0.717, 1.165) is 18.6 Å². The lowest BCUT2D eigenvalue weighted by Gasteiger charge is -2.15. The van der Waals surface area contributed by atoms with E-state index in [0.29, 0.717) is 18.8 Å². The largest absolute Gasteiger partial charge is 0.361 e. The van der Waals surface area contributed by atoms with E-state index in [4.69, 9.17) is 4.52 Å². The molecule has 6 nitrogen and oxygen atoms in total. The van der Waals surface area contributed by atoms with Crippen LogP contribution in [-0.2, 0) is 16.3 Å². The van der Waals surface area contributed by atoms with Crippen molar-refractivity contribution in [3.05, 3.63) is 17.5 Å². The molecule has 0 unspecified atom stereocenters. The Hall–Kier alpha value is -1.37. The SMILES string of the molecule is CCCc1cc(C(=O)N2C[C@@H]3CS(=O)(=O)C[C@@H]3C2)no1. The van der Waals surface area contributed by atoms with Gasteiger partial charge in [-0.15, -0.1) is 0 Å². The average molecular weight is 298 g/mol. The molecular weight excluding hydrogens is 280 g/mol. The third kappa shape index (κ3) is 2.46. The predicted molar refractivity (Wildman–Crippen MR) is 72.0 cm³/mol. The normalized spacial score (nSPS) is 27.8. The Morgan fingerprint density at radius 1 is 1.40 bits per heavy atom. The van der Waals surface area contributed by atoms with Gasteiger partial charge in [0.15, 0.2) is 15.5 Å². The number of fused-ring (bicyclic) bond motifs is 1. The zero-order valence-corrected chi connectivity index (χ0v) is 12.2. The molecule has 3 heterocycles. The molecule has 1 amide bonds. The third-order valence-electron chi connectivity index (χ3n) is 4.07. The Morgan fingerprint density at radius 2 is 2.05 bits per heavy atom. The summed E-state index contributed by atoms with van der Waals surface area (Å²) in [6.45, 7) is 3.06. The Labute approximate surface area is 118 Å². The molecule has 2 atom stereocenters. The van der Waals surface area contributed by atoms with E-state index in [1.807, 2.05) is 6.92 Å². The molecule has 0 N–H and O–H groups in total. The number of likely N-dealkylation sites (tertiary alicyclic amines) is 1. The molecule has 110 valence electrons. The zero-order valence-electron chi connectivity index (χ0n) is 11.4. The van der Waals surface area contributed by atoms with Crippen LogP contribution in [0.15, 0.2) is 10.6 Å². The highest BCUT2D eigenvalue weighted by atomic mass is 32.2. The molecule has 0 spiro atoms. The fourth-order valence-electron chi connectivity index (χ4n) is 3.14. The first-order chi connectivity index (χ1) is 9.48. The maximum absolute atomic E-state index is 12.3. The first-order valence-electron chi connectivity index (χ1n) is 6.94. The van der Waals surface area contributed by atoms with Crippen LogP contribution in [0.2, 0.25) is 0 Å². The fraction of sp³-hybridized carbons (Fsp3) is 0.692. The second-order valence-corrected chi connectivity index (χ2v) is 7.89. The molecule has 2 fully saturated rings. The van der Waals surface area contributed by atoms with Crippen LogP contribution in [0.1, 0.15) is 29.6 Å². The minimum atomic E-state index is -2.89. The molecule has 1 aromatic heterocycles. The predicted octanol–water partition coefficient (Wildman–Crippen LogP) is 0.744. The van der Waals surface area contributed by atoms with Crippen molar-refractivity contribution in [2.75, 3.05) is 24.6 Å². The topological polar surface area (TPSA) is 80.5 Å². The van der Waals surface area contributed by atoms with Crippen LogP contribution in [0, 0.1) is 11.8 Å². The Balaban J connectivity index is 1.68. The van der Waals surface area contributed by atoms with Gasteiger partial charge in [-0.2, -0.15) is 0 Å². The third-order valence-corrected chi connectivity index (χ3v) is 5.95. The van der Waals surface area contributed by atoms with E-state index < -0.39 is 9.84 Å². The van der Waals surface area contributed by atoms with Crippen LogP contribution in [0.3, 0.4) is 0 Å². The summed E-state index contributed by atoms with van der Waals surface area (Å²) in [5, 5.41) is 3.82. The molecule has 0 aromatic carbocycles. The van der Waals surface area contributed by atoms with E-state index in [1.165, 1.54) is 0 Å². The van der Waals surface area contributed by atoms with Gasteiger partial charge in [0.2, 0.25) is 0 Å². The van der Waals surface area contributed by atoms with Gasteiger partial charge in [0.1, 0.15) is 5.76 Å². The van der Waals surface area contributed by atoms with Gasteiger partial charge in [-0.1, -0.05) is 12.1 Å². The van der Waals surface area contributed by atoms with Crippen molar-refractivity contribution in [1.82, 2.24) is 10.1 Å². The highest BCUT2D eigenvalue weighted by Crippen LogP contribution is 2.33. The van der Waals surface area contributed by atoms with Crippen molar-refractivity contribution in [2.24, 2.45) is 11.8 Å². The van der Waals surface area contributed by atoms with Gasteiger partial charge in [-0.3, -0.25) is 4.79 Å². The number of amides is 1. The molecule has 7 heteroatoms. The summed E-state index contributed by atoms with van der Waals surface area (Å²) in [5.41, 5.74) is 0.330. The molecule has 1 aromatic rings. The van der Waals surface area contributed by atoms with Gasteiger partial charge in [-0.05, 0) is 18.3 Å². The number of aryl methyl sites for hydroxylation is 1. The van der Waals surface area contributed by atoms with Gasteiger partial charge >= 0.3 is 0 Å². The Bertz CT molecular complexity index is 602. The first-order valence-corrected chi connectivity index (χ1v) is 8.76. The van der Waals surface area contributed by atoms with Gasteiger partial charge in [0.25, 0.3) is 5.91 Å². The van der Waals surface area contributed by atoms with Crippen molar-refractivity contribution < 1.29 is 17.7 Å². The highest BCUT2D eigenvalue weighted by molar-refractivity contribution is 7.91. The second kappa shape index (κ2) is 4.87. The van der Waals surface area contributed by atoms with Crippen LogP contribution in [0.5, 0.6) is 0 Å². The zero-order chi connectivity index (χ0) is 14.3. The van der Waals surface area contributed by atoms with Crippen molar-refractivity contribution in [2.45, 2.75) is 19.8 Å². The van der Waals surface area contributed by atoms with Crippen LogP contribution in [0.25, 0.3) is 0 Å². The fourth-order valence-corrected chi connectivity index (χ4v) is 5.34. The van der Waals surface area contributed by atoms with Gasteiger partial charge in [-0.25, -0.2) is 8.42 Å². The summed E-state index contributed by atoms with van der Waals surface area (Å²) in [5.74, 6) is 1.17. The van der Waals surface area contributed by atoms with Gasteiger partial charge in [0.05, 0.1) is 11.5 Å². The molecule has 2 saturated heterocycles. The maximum Gasteiger partial charge on any atom is 0.276 e. The minimum absolute atomic E-state index is 0.0889. The quantitative estimate of drug-likeness (QED) is 0.822. The lowest BCUT2D eigenvalue weighted by Crippen LogP contribution is -2.31. The van der Waals surface area contributed by atoms with Gasteiger partial charge < -0.3 is 9.42 Å². The summed E-state index contributed by atoms with van der Waals surface area (Å²) < 4.78 is 28.2. The van der Waals surface area contributed by atoms with Crippen molar-refractivity contribution >= 4 is 15.7 Å². The molecule has 0 radical (unpaired) electrons. The Morgan fingerprint density at radius 3 is 2.65 bits per heavy atom.